The van der Waals surface area contributed by atoms with E-state index in [-0.39, 0.29) is 0 Å². The zero-order valence-electron chi connectivity index (χ0n) is 9.56. The SMILES string of the molecule is Cc1cc2nc(-c3ccc(Cl)cc3)cn2nc1Cl. The molecule has 2 aromatic heterocycles. The van der Waals surface area contributed by atoms with Gasteiger partial charge in [-0.3, -0.25) is 0 Å². The summed E-state index contributed by atoms with van der Waals surface area (Å²) < 4.78 is 1.68. The van der Waals surface area contributed by atoms with E-state index in [1.54, 1.807) is 4.52 Å². The van der Waals surface area contributed by atoms with Gasteiger partial charge >= 0.3 is 0 Å². The first-order valence-corrected chi connectivity index (χ1v) is 6.17. The maximum atomic E-state index is 5.99. The van der Waals surface area contributed by atoms with Gasteiger partial charge in [0.25, 0.3) is 0 Å². The molecule has 0 fully saturated rings. The van der Waals surface area contributed by atoms with Crippen LogP contribution in [-0.4, -0.2) is 14.6 Å². The lowest BCUT2D eigenvalue weighted by atomic mass is 10.2. The maximum Gasteiger partial charge on any atom is 0.154 e. The van der Waals surface area contributed by atoms with Gasteiger partial charge in [0.1, 0.15) is 0 Å². The minimum Gasteiger partial charge on any atom is -0.227 e. The van der Waals surface area contributed by atoms with Gasteiger partial charge in [-0.2, -0.15) is 5.10 Å². The number of rotatable bonds is 1. The van der Waals surface area contributed by atoms with Gasteiger partial charge < -0.3 is 0 Å². The molecule has 0 radical (unpaired) electrons. The van der Waals surface area contributed by atoms with Crippen LogP contribution in [0.4, 0.5) is 0 Å². The van der Waals surface area contributed by atoms with E-state index < -0.39 is 0 Å². The molecule has 0 spiro atoms. The average Bonchev–Trinajstić information content (AvgIpc) is 2.73. The first-order valence-electron chi connectivity index (χ1n) is 5.42. The highest BCUT2D eigenvalue weighted by molar-refractivity contribution is 6.30. The lowest BCUT2D eigenvalue weighted by Crippen LogP contribution is -1.92. The van der Waals surface area contributed by atoms with Crippen LogP contribution in [0.3, 0.4) is 0 Å². The van der Waals surface area contributed by atoms with E-state index in [9.17, 15) is 0 Å². The number of aryl methyl sites for hydroxylation is 1. The Morgan fingerprint density at radius 1 is 1.11 bits per heavy atom. The van der Waals surface area contributed by atoms with Gasteiger partial charge in [-0.1, -0.05) is 35.3 Å². The summed E-state index contributed by atoms with van der Waals surface area (Å²) in [6.45, 7) is 1.91. The van der Waals surface area contributed by atoms with Crippen molar-refractivity contribution >= 4 is 28.8 Å². The predicted octanol–water partition coefficient (Wildman–Crippen LogP) is 4.01. The fourth-order valence-corrected chi connectivity index (χ4v) is 2.01. The second-order valence-electron chi connectivity index (χ2n) is 4.05. The minimum absolute atomic E-state index is 0.488. The van der Waals surface area contributed by atoms with Crippen LogP contribution in [0.5, 0.6) is 0 Å². The molecule has 18 heavy (non-hydrogen) atoms. The molecule has 1 aromatic carbocycles. The monoisotopic (exact) mass is 277 g/mol. The molecule has 3 nitrogen and oxygen atoms in total. The molecule has 2 heterocycles. The highest BCUT2D eigenvalue weighted by Gasteiger charge is 2.07. The third kappa shape index (κ3) is 1.96. The Kier molecular flexibility index (Phi) is 2.73. The highest BCUT2D eigenvalue weighted by Crippen LogP contribution is 2.22. The molecule has 3 rings (SSSR count). The van der Waals surface area contributed by atoms with Crippen LogP contribution >= 0.6 is 23.2 Å². The predicted molar refractivity (Wildman–Crippen MR) is 73.2 cm³/mol. The van der Waals surface area contributed by atoms with Crippen LogP contribution in [-0.2, 0) is 0 Å². The van der Waals surface area contributed by atoms with Gasteiger partial charge in [0.15, 0.2) is 10.8 Å². The molecule has 0 amide bonds. The van der Waals surface area contributed by atoms with E-state index >= 15 is 0 Å². The molecular weight excluding hydrogens is 269 g/mol. The Hall–Kier alpha value is -1.58. The van der Waals surface area contributed by atoms with Gasteiger partial charge in [-0.25, -0.2) is 9.50 Å². The van der Waals surface area contributed by atoms with Crippen LogP contribution in [0.2, 0.25) is 10.2 Å². The molecule has 0 unspecified atom stereocenters. The second kappa shape index (κ2) is 4.26. The number of aromatic nitrogens is 3. The third-order valence-corrected chi connectivity index (χ3v) is 3.35. The number of nitrogens with zero attached hydrogens (tertiary/aromatic N) is 3. The van der Waals surface area contributed by atoms with Crippen molar-refractivity contribution in [1.29, 1.82) is 0 Å². The Morgan fingerprint density at radius 2 is 1.83 bits per heavy atom. The van der Waals surface area contributed by atoms with Gasteiger partial charge in [0.2, 0.25) is 0 Å². The Bertz CT molecular complexity index is 678. The van der Waals surface area contributed by atoms with Crippen molar-refractivity contribution in [2.75, 3.05) is 0 Å². The third-order valence-electron chi connectivity index (χ3n) is 2.72. The number of imidazole rings is 1. The summed E-state index contributed by atoms with van der Waals surface area (Å²) in [4.78, 5) is 4.51. The molecule has 0 bridgehead atoms. The van der Waals surface area contributed by atoms with Crippen LogP contribution < -0.4 is 0 Å². The zero-order chi connectivity index (χ0) is 12.7. The van der Waals surface area contributed by atoms with Crippen LogP contribution in [0.15, 0.2) is 36.5 Å². The van der Waals surface area contributed by atoms with Gasteiger partial charge in [0.05, 0.1) is 11.9 Å². The number of hydrogen-bond acceptors (Lipinski definition) is 2. The van der Waals surface area contributed by atoms with E-state index in [2.05, 4.69) is 10.1 Å². The molecule has 0 aliphatic carbocycles. The molecule has 0 N–H and O–H groups in total. The van der Waals surface area contributed by atoms with E-state index in [4.69, 9.17) is 23.2 Å². The quantitative estimate of drug-likeness (QED) is 0.673. The van der Waals surface area contributed by atoms with E-state index in [1.165, 1.54) is 0 Å². The smallest absolute Gasteiger partial charge is 0.154 e. The molecule has 3 aromatic rings. The Balaban J connectivity index is 2.16. The first kappa shape index (κ1) is 11.5. The van der Waals surface area contributed by atoms with Crippen molar-refractivity contribution < 1.29 is 0 Å². The number of halogens is 2. The normalized spacial score (nSPS) is 11.1. The van der Waals surface area contributed by atoms with Gasteiger partial charge in [-0.15, -0.1) is 0 Å². The Morgan fingerprint density at radius 3 is 2.56 bits per heavy atom. The summed E-state index contributed by atoms with van der Waals surface area (Å²) in [5.41, 5.74) is 3.54. The number of hydrogen-bond donors (Lipinski definition) is 0. The fourth-order valence-electron chi connectivity index (χ4n) is 1.75. The second-order valence-corrected chi connectivity index (χ2v) is 4.85. The van der Waals surface area contributed by atoms with Crippen molar-refractivity contribution in [3.63, 3.8) is 0 Å². The summed E-state index contributed by atoms with van der Waals surface area (Å²) in [5.74, 6) is 0. The van der Waals surface area contributed by atoms with Gasteiger partial charge in [0, 0.05) is 10.6 Å². The standard InChI is InChI=1S/C13H9Cl2N3/c1-8-6-12-16-11(7-18(12)17-13(8)15)9-2-4-10(14)5-3-9/h2-7H,1H3. The lowest BCUT2D eigenvalue weighted by molar-refractivity contribution is 0.927. The maximum absolute atomic E-state index is 5.99. The summed E-state index contributed by atoms with van der Waals surface area (Å²) in [7, 11) is 0. The summed E-state index contributed by atoms with van der Waals surface area (Å²) in [5, 5.41) is 5.43. The minimum atomic E-state index is 0.488. The molecule has 0 atom stereocenters. The fraction of sp³-hybridized carbons (Fsp3) is 0.0769. The van der Waals surface area contributed by atoms with Crippen molar-refractivity contribution in [2.45, 2.75) is 6.92 Å². The van der Waals surface area contributed by atoms with E-state index in [1.807, 2.05) is 43.5 Å². The molecule has 0 aliphatic heterocycles. The van der Waals surface area contributed by atoms with Crippen molar-refractivity contribution in [3.8, 4) is 11.3 Å². The summed E-state index contributed by atoms with van der Waals surface area (Å²) in [6, 6.07) is 9.45. The Labute approximate surface area is 114 Å². The first-order chi connectivity index (χ1) is 8.63. The number of benzene rings is 1. The average molecular weight is 278 g/mol. The lowest BCUT2D eigenvalue weighted by Gasteiger charge is -1.96. The zero-order valence-corrected chi connectivity index (χ0v) is 11.1. The molecule has 0 aliphatic rings. The van der Waals surface area contributed by atoms with Crippen molar-refractivity contribution in [3.05, 3.63) is 52.3 Å². The molecular formula is C13H9Cl2N3. The molecule has 90 valence electrons. The molecule has 5 heteroatoms. The largest absolute Gasteiger partial charge is 0.227 e. The van der Waals surface area contributed by atoms with E-state index in [0.717, 1.165) is 22.5 Å². The van der Waals surface area contributed by atoms with Crippen molar-refractivity contribution in [2.24, 2.45) is 0 Å². The highest BCUT2D eigenvalue weighted by atomic mass is 35.5. The van der Waals surface area contributed by atoms with E-state index in [0.29, 0.717) is 10.2 Å². The number of fused-ring (bicyclic) bond motifs is 1. The van der Waals surface area contributed by atoms with Crippen LogP contribution in [0.25, 0.3) is 16.9 Å². The van der Waals surface area contributed by atoms with Crippen LogP contribution in [0.1, 0.15) is 5.56 Å². The van der Waals surface area contributed by atoms with Crippen molar-refractivity contribution in [1.82, 2.24) is 14.6 Å². The molecule has 0 saturated heterocycles. The van der Waals surface area contributed by atoms with Crippen LogP contribution in [0, 0.1) is 6.92 Å². The van der Waals surface area contributed by atoms with Gasteiger partial charge in [-0.05, 0) is 30.7 Å². The summed E-state index contributed by atoms with van der Waals surface area (Å²) in [6.07, 6.45) is 1.85. The topological polar surface area (TPSA) is 30.2 Å². The molecule has 0 saturated carbocycles. The summed E-state index contributed by atoms with van der Waals surface area (Å²) >= 11 is 11.9.